The summed E-state index contributed by atoms with van der Waals surface area (Å²) in [7, 11) is 7.56. The largest absolute Gasteiger partial charge is 0.496 e. The molecule has 2 aromatic heterocycles. The molecule has 0 spiro atoms. The third kappa shape index (κ3) is 13.0. The highest BCUT2D eigenvalue weighted by Gasteiger charge is 2.27. The standard InChI is InChI=1S/C47H65N7O9/c1-30(2)28-53-36(44-38(59-4)16-12-17-39(44)60-5)26-35(52-53)47(58)50-33(24-42(55)49-27-43(56)63-8)21-20-31(3)29-54-37(45-40(61-6)18-13-19-41(45)62-7)25-34(51-54)46(57)48-23-22-32-14-10-9-11-15-32/h12-13,16-19,25-26,30-33H,9-11,14-15,20-24,27-29H2,1-8H3,(H,48,57)(H,49,55)(H,50,58)/t31?,33-/m0/s1. The molecular formula is C47H65N7O9. The SMILES string of the molecule is COC(=O)CNC(=O)C[C@H](CCC(C)Cn1nc(C(=O)NCCC2CCCCC2)cc1-c1c(OC)cccc1OC)NC(=O)c1cc(-c2c(OC)cccc2OC)n(CC(C)C)n1. The summed E-state index contributed by atoms with van der Waals surface area (Å²) >= 11 is 0. The summed E-state index contributed by atoms with van der Waals surface area (Å²) in [6.45, 7) is 7.34. The normalized spacial score (nSPS) is 13.8. The number of hydrogen-bond donors (Lipinski definition) is 3. The number of carbonyl (C=O) groups excluding carboxylic acids is 4. The minimum Gasteiger partial charge on any atom is -0.496 e. The Bertz CT molecular complexity index is 2110. The Morgan fingerprint density at radius 3 is 1.73 bits per heavy atom. The number of hydrogen-bond acceptors (Lipinski definition) is 11. The van der Waals surface area contributed by atoms with Crippen LogP contribution in [0.5, 0.6) is 23.0 Å². The van der Waals surface area contributed by atoms with Crippen LogP contribution in [0.4, 0.5) is 0 Å². The summed E-state index contributed by atoms with van der Waals surface area (Å²) in [5.41, 5.74) is 3.05. The maximum atomic E-state index is 14.1. The van der Waals surface area contributed by atoms with Gasteiger partial charge >= 0.3 is 5.97 Å². The smallest absolute Gasteiger partial charge is 0.325 e. The molecule has 4 aromatic rings. The Balaban J connectivity index is 1.39. The van der Waals surface area contributed by atoms with E-state index in [0.717, 1.165) is 6.42 Å². The molecule has 3 amide bonds. The first-order valence-corrected chi connectivity index (χ1v) is 21.9. The van der Waals surface area contributed by atoms with Gasteiger partial charge in [0.05, 0.1) is 58.1 Å². The van der Waals surface area contributed by atoms with Crippen molar-refractivity contribution in [2.24, 2.45) is 17.8 Å². The Morgan fingerprint density at radius 2 is 1.22 bits per heavy atom. The molecule has 0 radical (unpaired) electrons. The molecule has 2 heterocycles. The number of carbonyl (C=O) groups is 4. The monoisotopic (exact) mass is 871 g/mol. The second kappa shape index (κ2) is 23.4. The molecule has 1 aliphatic rings. The average Bonchev–Trinajstić information content (AvgIpc) is 3.90. The van der Waals surface area contributed by atoms with Crippen molar-refractivity contribution < 1.29 is 42.9 Å². The summed E-state index contributed by atoms with van der Waals surface area (Å²) in [6.07, 6.45) is 7.94. The van der Waals surface area contributed by atoms with Gasteiger partial charge in [0.2, 0.25) is 5.91 Å². The second-order valence-electron chi connectivity index (χ2n) is 16.6. The van der Waals surface area contributed by atoms with Crippen molar-refractivity contribution >= 4 is 23.7 Å². The van der Waals surface area contributed by atoms with Gasteiger partial charge in [0.25, 0.3) is 11.8 Å². The topological polar surface area (TPSA) is 186 Å². The summed E-state index contributed by atoms with van der Waals surface area (Å²) in [5.74, 6) is 1.28. The van der Waals surface area contributed by atoms with Crippen LogP contribution < -0.4 is 34.9 Å². The molecule has 3 N–H and O–H groups in total. The van der Waals surface area contributed by atoms with Gasteiger partial charge < -0.3 is 39.6 Å². The zero-order chi connectivity index (χ0) is 45.5. The lowest BCUT2D eigenvalue weighted by molar-refractivity contribution is -0.141. The van der Waals surface area contributed by atoms with Crippen LogP contribution in [0, 0.1) is 17.8 Å². The first-order valence-electron chi connectivity index (χ1n) is 21.9. The molecular weight excluding hydrogens is 807 g/mol. The zero-order valence-corrected chi connectivity index (χ0v) is 38.1. The van der Waals surface area contributed by atoms with Crippen molar-refractivity contribution in [3.63, 3.8) is 0 Å². The highest BCUT2D eigenvalue weighted by molar-refractivity contribution is 5.95. The average molecular weight is 872 g/mol. The number of rotatable bonds is 23. The quantitative estimate of drug-likeness (QED) is 0.0674. The molecule has 1 fully saturated rings. The number of methoxy groups -OCH3 is 5. The van der Waals surface area contributed by atoms with Crippen LogP contribution in [0.25, 0.3) is 22.5 Å². The Labute approximate surface area is 370 Å². The van der Waals surface area contributed by atoms with Gasteiger partial charge in [-0.1, -0.05) is 65.0 Å². The third-order valence-electron chi connectivity index (χ3n) is 11.4. The summed E-state index contributed by atoms with van der Waals surface area (Å²) in [4.78, 5) is 52.7. The Kier molecular flexibility index (Phi) is 17.8. The molecule has 2 aromatic carbocycles. The number of nitrogens with zero attached hydrogens (tertiary/aromatic N) is 4. The van der Waals surface area contributed by atoms with E-state index in [1.54, 1.807) is 49.9 Å². The van der Waals surface area contributed by atoms with E-state index >= 15 is 0 Å². The molecule has 2 atom stereocenters. The summed E-state index contributed by atoms with van der Waals surface area (Å²) in [5, 5.41) is 18.3. The van der Waals surface area contributed by atoms with Crippen molar-refractivity contribution in [1.82, 2.24) is 35.5 Å². The van der Waals surface area contributed by atoms with Gasteiger partial charge in [-0.2, -0.15) is 10.2 Å². The molecule has 0 saturated heterocycles. The summed E-state index contributed by atoms with van der Waals surface area (Å²) < 4.78 is 31.2. The number of aromatic nitrogens is 4. The molecule has 342 valence electrons. The maximum absolute atomic E-state index is 14.1. The number of amides is 3. The molecule has 16 heteroatoms. The first kappa shape index (κ1) is 48.0. The number of ether oxygens (including phenoxy) is 5. The van der Waals surface area contributed by atoms with Gasteiger partial charge in [0.15, 0.2) is 11.4 Å². The fourth-order valence-electron chi connectivity index (χ4n) is 8.14. The molecule has 0 bridgehead atoms. The van der Waals surface area contributed by atoms with Crippen LogP contribution in [-0.4, -0.2) is 97.9 Å². The lowest BCUT2D eigenvalue weighted by atomic mass is 9.87. The van der Waals surface area contributed by atoms with Gasteiger partial charge in [-0.15, -0.1) is 0 Å². The predicted molar refractivity (Wildman–Crippen MR) is 239 cm³/mol. The van der Waals surface area contributed by atoms with Crippen LogP contribution in [0.3, 0.4) is 0 Å². The van der Waals surface area contributed by atoms with Crippen LogP contribution >= 0.6 is 0 Å². The van der Waals surface area contributed by atoms with Gasteiger partial charge in [0.1, 0.15) is 29.5 Å². The molecule has 5 rings (SSSR count). The van der Waals surface area contributed by atoms with Crippen molar-refractivity contribution in [2.45, 2.75) is 97.7 Å². The molecule has 0 aliphatic heterocycles. The fraction of sp³-hybridized carbons (Fsp3) is 0.532. The minimum atomic E-state index is -0.644. The van der Waals surface area contributed by atoms with E-state index in [2.05, 4.69) is 29.8 Å². The first-order chi connectivity index (χ1) is 30.4. The van der Waals surface area contributed by atoms with Gasteiger partial charge in [-0.25, -0.2) is 0 Å². The van der Waals surface area contributed by atoms with E-state index in [1.807, 2.05) is 43.3 Å². The Hall–Kier alpha value is -6.06. The molecule has 1 unspecified atom stereocenters. The van der Waals surface area contributed by atoms with Gasteiger partial charge in [-0.3, -0.25) is 28.5 Å². The minimum absolute atomic E-state index is 0.0565. The highest BCUT2D eigenvalue weighted by Crippen LogP contribution is 2.40. The van der Waals surface area contributed by atoms with Crippen molar-refractivity contribution in [3.8, 4) is 45.5 Å². The van der Waals surface area contributed by atoms with Crippen molar-refractivity contribution in [1.29, 1.82) is 0 Å². The van der Waals surface area contributed by atoms with Crippen LogP contribution in [0.1, 0.15) is 99.5 Å². The highest BCUT2D eigenvalue weighted by atomic mass is 16.5. The van der Waals surface area contributed by atoms with E-state index in [-0.39, 0.29) is 42.1 Å². The van der Waals surface area contributed by atoms with Crippen LogP contribution in [0.2, 0.25) is 0 Å². The predicted octanol–water partition coefficient (Wildman–Crippen LogP) is 6.70. The van der Waals surface area contributed by atoms with Crippen LogP contribution in [-0.2, 0) is 27.4 Å². The van der Waals surface area contributed by atoms with Crippen molar-refractivity contribution in [2.75, 3.05) is 48.6 Å². The van der Waals surface area contributed by atoms with E-state index < -0.39 is 23.8 Å². The number of nitrogens with one attached hydrogen (secondary N) is 3. The van der Waals surface area contributed by atoms with Gasteiger partial charge in [0, 0.05) is 32.1 Å². The molecule has 16 nitrogen and oxygen atoms in total. The number of esters is 1. The third-order valence-corrected chi connectivity index (χ3v) is 11.4. The number of benzene rings is 2. The van der Waals surface area contributed by atoms with Gasteiger partial charge in [-0.05, 0) is 73.4 Å². The van der Waals surface area contributed by atoms with E-state index in [9.17, 15) is 19.2 Å². The lowest BCUT2D eigenvalue weighted by Gasteiger charge is -2.21. The summed E-state index contributed by atoms with van der Waals surface area (Å²) in [6, 6.07) is 13.8. The second-order valence-corrected chi connectivity index (χ2v) is 16.6. The maximum Gasteiger partial charge on any atom is 0.325 e. The molecule has 1 aliphatic carbocycles. The van der Waals surface area contributed by atoms with Crippen molar-refractivity contribution in [3.05, 3.63) is 59.9 Å². The van der Waals surface area contributed by atoms with E-state index in [0.29, 0.717) is 83.9 Å². The molecule has 1 saturated carbocycles. The van der Waals surface area contributed by atoms with E-state index in [1.165, 1.54) is 39.2 Å². The fourth-order valence-corrected chi connectivity index (χ4v) is 8.14. The molecule has 63 heavy (non-hydrogen) atoms. The lowest BCUT2D eigenvalue weighted by Crippen LogP contribution is -2.40. The Morgan fingerprint density at radius 1 is 0.698 bits per heavy atom. The van der Waals surface area contributed by atoms with E-state index in [4.69, 9.17) is 33.9 Å². The van der Waals surface area contributed by atoms with Crippen LogP contribution in [0.15, 0.2) is 48.5 Å². The zero-order valence-electron chi connectivity index (χ0n) is 38.1.